The number of nitrogens with zero attached hydrogens (tertiary/aromatic N) is 1. The highest BCUT2D eigenvalue weighted by atomic mass is 35.5. The lowest BCUT2D eigenvalue weighted by Gasteiger charge is -2.17. The second kappa shape index (κ2) is 9.95. The predicted molar refractivity (Wildman–Crippen MR) is 112 cm³/mol. The number of nitrogens with two attached hydrogens (primary N) is 1. The number of hydrogen-bond donors (Lipinski definition) is 2. The number of amides is 1. The Morgan fingerprint density at radius 3 is 2.67 bits per heavy atom. The van der Waals surface area contributed by atoms with Crippen LogP contribution in [0.3, 0.4) is 0 Å². The Hall–Kier alpha value is -1.79. The van der Waals surface area contributed by atoms with Crippen LogP contribution >= 0.6 is 24.0 Å². The molecule has 0 radical (unpaired) electrons. The van der Waals surface area contributed by atoms with E-state index in [0.717, 1.165) is 13.1 Å². The van der Waals surface area contributed by atoms with Crippen molar-refractivity contribution in [2.75, 3.05) is 38.6 Å². The van der Waals surface area contributed by atoms with Crippen molar-refractivity contribution < 1.29 is 9.53 Å². The fourth-order valence-corrected chi connectivity index (χ4v) is 3.75. The monoisotopic (exact) mass is 409 g/mol. The number of carbonyl (C=O) groups is 1. The van der Waals surface area contributed by atoms with Crippen molar-refractivity contribution in [1.29, 1.82) is 0 Å². The average Bonchev–Trinajstić information content (AvgIpc) is 3.05. The molecule has 1 amide bonds. The maximum absolute atomic E-state index is 12.5. The fraction of sp³-hybridized carbons (Fsp3) is 0.350. The highest BCUT2D eigenvalue weighted by Gasteiger charge is 2.33. The minimum absolute atomic E-state index is 0. The first-order chi connectivity index (χ1) is 12.6. The lowest BCUT2D eigenvalue weighted by molar-refractivity contribution is -0.117. The fourth-order valence-electron chi connectivity index (χ4n) is 3.58. The Balaban J connectivity index is 0.00000261. The molecule has 1 saturated heterocycles. The Bertz CT molecular complexity index is 758. The van der Waals surface area contributed by atoms with Gasteiger partial charge in [0.05, 0.1) is 19.3 Å². The van der Waals surface area contributed by atoms with Gasteiger partial charge in [-0.3, -0.25) is 9.69 Å². The molecule has 2 aromatic rings. The van der Waals surface area contributed by atoms with E-state index in [9.17, 15) is 4.79 Å². The molecule has 3 rings (SSSR count). The van der Waals surface area contributed by atoms with Gasteiger partial charge in [-0.2, -0.15) is 0 Å². The van der Waals surface area contributed by atoms with E-state index in [1.807, 2.05) is 18.2 Å². The van der Waals surface area contributed by atoms with Crippen molar-refractivity contribution in [3.8, 4) is 5.75 Å². The van der Waals surface area contributed by atoms with Crippen LogP contribution in [-0.2, 0) is 4.79 Å². The molecule has 0 aromatic heterocycles. The van der Waals surface area contributed by atoms with E-state index in [1.54, 1.807) is 25.3 Å². The molecule has 2 atom stereocenters. The van der Waals surface area contributed by atoms with Gasteiger partial charge in [-0.1, -0.05) is 41.9 Å². The van der Waals surface area contributed by atoms with E-state index in [1.165, 1.54) is 5.56 Å². The molecular weight excluding hydrogens is 385 g/mol. The molecular formula is C20H25Cl2N3O2. The van der Waals surface area contributed by atoms with Crippen LogP contribution in [0.15, 0.2) is 48.5 Å². The minimum Gasteiger partial charge on any atom is -0.495 e. The Morgan fingerprint density at radius 1 is 1.26 bits per heavy atom. The van der Waals surface area contributed by atoms with Gasteiger partial charge in [0.1, 0.15) is 5.75 Å². The molecule has 146 valence electrons. The van der Waals surface area contributed by atoms with E-state index in [-0.39, 0.29) is 18.3 Å². The Morgan fingerprint density at radius 2 is 2.00 bits per heavy atom. The van der Waals surface area contributed by atoms with Crippen LogP contribution < -0.4 is 15.8 Å². The van der Waals surface area contributed by atoms with Gasteiger partial charge in [0.2, 0.25) is 5.91 Å². The van der Waals surface area contributed by atoms with Gasteiger partial charge in [0.15, 0.2) is 0 Å². The molecule has 1 aliphatic rings. The molecule has 7 heteroatoms. The highest BCUT2D eigenvalue weighted by Crippen LogP contribution is 2.32. The number of carbonyl (C=O) groups excluding carboxylic acids is 1. The summed E-state index contributed by atoms with van der Waals surface area (Å²) in [5, 5.41) is 3.45. The topological polar surface area (TPSA) is 67.6 Å². The van der Waals surface area contributed by atoms with Crippen molar-refractivity contribution in [3.05, 3.63) is 59.1 Å². The lowest BCUT2D eigenvalue weighted by Crippen LogP contribution is -2.32. The number of anilines is 1. The van der Waals surface area contributed by atoms with Crippen LogP contribution in [0.1, 0.15) is 11.5 Å². The van der Waals surface area contributed by atoms with Gasteiger partial charge >= 0.3 is 0 Å². The number of nitrogens with one attached hydrogen (secondary N) is 1. The summed E-state index contributed by atoms with van der Waals surface area (Å²) in [6.07, 6.45) is 0. The van der Waals surface area contributed by atoms with E-state index in [4.69, 9.17) is 22.1 Å². The normalized spacial score (nSPS) is 19.4. The minimum atomic E-state index is -0.0879. The van der Waals surface area contributed by atoms with Gasteiger partial charge in [0.25, 0.3) is 0 Å². The smallest absolute Gasteiger partial charge is 0.238 e. The summed E-state index contributed by atoms with van der Waals surface area (Å²) in [5.41, 5.74) is 7.84. The predicted octanol–water partition coefficient (Wildman–Crippen LogP) is 3.38. The molecule has 0 saturated carbocycles. The Labute approximate surface area is 171 Å². The van der Waals surface area contributed by atoms with Crippen LogP contribution in [-0.4, -0.2) is 44.1 Å². The zero-order valence-corrected chi connectivity index (χ0v) is 16.8. The summed E-state index contributed by atoms with van der Waals surface area (Å²) in [4.78, 5) is 14.7. The number of halogens is 2. The number of benzene rings is 2. The first-order valence-electron chi connectivity index (χ1n) is 8.71. The van der Waals surface area contributed by atoms with Crippen LogP contribution in [0.4, 0.5) is 5.69 Å². The number of methoxy groups -OCH3 is 1. The third-order valence-electron chi connectivity index (χ3n) is 4.85. The first-order valence-corrected chi connectivity index (χ1v) is 9.09. The van der Waals surface area contributed by atoms with Gasteiger partial charge < -0.3 is 15.8 Å². The first kappa shape index (κ1) is 21.5. The molecule has 5 nitrogen and oxygen atoms in total. The van der Waals surface area contributed by atoms with Gasteiger partial charge in [0, 0.05) is 24.0 Å². The quantitative estimate of drug-likeness (QED) is 0.766. The molecule has 0 aliphatic carbocycles. The van der Waals surface area contributed by atoms with Gasteiger partial charge in [-0.05, 0) is 36.2 Å². The van der Waals surface area contributed by atoms with E-state index >= 15 is 0 Å². The van der Waals surface area contributed by atoms with Crippen LogP contribution in [0.2, 0.25) is 5.02 Å². The largest absolute Gasteiger partial charge is 0.495 e. The van der Waals surface area contributed by atoms with Crippen molar-refractivity contribution in [3.63, 3.8) is 0 Å². The highest BCUT2D eigenvalue weighted by molar-refractivity contribution is 6.31. The van der Waals surface area contributed by atoms with Crippen LogP contribution in [0.25, 0.3) is 0 Å². The second-order valence-electron chi connectivity index (χ2n) is 6.60. The second-order valence-corrected chi connectivity index (χ2v) is 7.04. The lowest BCUT2D eigenvalue weighted by atomic mass is 9.89. The summed E-state index contributed by atoms with van der Waals surface area (Å²) >= 11 is 6.02. The zero-order chi connectivity index (χ0) is 18.5. The number of likely N-dealkylation sites (tertiary alicyclic amines) is 1. The Kier molecular flexibility index (Phi) is 7.92. The van der Waals surface area contributed by atoms with Crippen LogP contribution in [0.5, 0.6) is 5.75 Å². The van der Waals surface area contributed by atoms with Crippen molar-refractivity contribution >= 4 is 35.6 Å². The maximum Gasteiger partial charge on any atom is 0.238 e. The molecule has 2 aromatic carbocycles. The molecule has 0 unspecified atom stereocenters. The summed E-state index contributed by atoms with van der Waals surface area (Å²) in [5.74, 6) is 1.21. The number of rotatable bonds is 6. The molecule has 0 bridgehead atoms. The maximum atomic E-state index is 12.5. The van der Waals surface area contributed by atoms with Gasteiger partial charge in [-0.15, -0.1) is 12.4 Å². The summed E-state index contributed by atoms with van der Waals surface area (Å²) < 4.78 is 5.28. The van der Waals surface area contributed by atoms with E-state index in [2.05, 4.69) is 22.3 Å². The summed E-state index contributed by atoms with van der Waals surface area (Å²) in [6, 6.07) is 15.5. The summed E-state index contributed by atoms with van der Waals surface area (Å²) in [7, 11) is 1.57. The third-order valence-corrected chi connectivity index (χ3v) is 5.09. The zero-order valence-electron chi connectivity index (χ0n) is 15.2. The third kappa shape index (κ3) is 5.36. The number of ether oxygens (including phenoxy) is 1. The average molecular weight is 410 g/mol. The molecule has 1 aliphatic heterocycles. The summed E-state index contributed by atoms with van der Waals surface area (Å²) in [6.45, 7) is 2.57. The number of hydrogen-bond acceptors (Lipinski definition) is 4. The van der Waals surface area contributed by atoms with Crippen molar-refractivity contribution in [1.82, 2.24) is 4.90 Å². The molecule has 0 spiro atoms. The van der Waals surface area contributed by atoms with Crippen molar-refractivity contribution in [2.24, 2.45) is 11.7 Å². The molecule has 3 N–H and O–H groups in total. The standard InChI is InChI=1S/C20H24ClN3O2.ClH/c1-26-19-8-7-16(21)9-18(19)23-20(25)13-24-11-15(10-22)17(12-24)14-5-3-2-4-6-14;/h2-9,15,17H,10-13,22H2,1H3,(H,23,25);1H/t15-,17+;/m1./s1. The van der Waals surface area contributed by atoms with Gasteiger partial charge in [-0.25, -0.2) is 0 Å². The van der Waals surface area contributed by atoms with Crippen molar-refractivity contribution in [2.45, 2.75) is 5.92 Å². The van der Waals surface area contributed by atoms with E-state index < -0.39 is 0 Å². The molecule has 27 heavy (non-hydrogen) atoms. The molecule has 1 heterocycles. The SMILES string of the molecule is COc1ccc(Cl)cc1NC(=O)CN1C[C@@H](CN)[C@H](c2ccccc2)C1.Cl. The molecule has 1 fully saturated rings. The van der Waals surface area contributed by atoms with E-state index in [0.29, 0.717) is 41.4 Å². The van der Waals surface area contributed by atoms with Crippen LogP contribution in [0, 0.1) is 5.92 Å².